The van der Waals surface area contributed by atoms with Crippen LogP contribution >= 0.6 is 23.2 Å². The van der Waals surface area contributed by atoms with Crippen molar-refractivity contribution in [1.82, 2.24) is 4.90 Å². The summed E-state index contributed by atoms with van der Waals surface area (Å²) in [5.41, 5.74) is 0.317. The van der Waals surface area contributed by atoms with Crippen LogP contribution in [0.3, 0.4) is 0 Å². The fourth-order valence-corrected chi connectivity index (χ4v) is 2.26. The van der Waals surface area contributed by atoms with Gasteiger partial charge in [0.05, 0.1) is 22.8 Å². The van der Waals surface area contributed by atoms with E-state index in [0.717, 1.165) is 0 Å². The first-order valence-electron chi connectivity index (χ1n) is 5.09. The Bertz CT molecular complexity index is 442. The predicted molar refractivity (Wildman–Crippen MR) is 64.4 cm³/mol. The molecule has 1 aliphatic rings. The number of amides is 1. The molecule has 1 fully saturated rings. The van der Waals surface area contributed by atoms with Crippen LogP contribution in [0.1, 0.15) is 10.4 Å². The molecule has 17 heavy (non-hydrogen) atoms. The molecule has 2 unspecified atom stereocenters. The van der Waals surface area contributed by atoms with E-state index < -0.39 is 12.2 Å². The van der Waals surface area contributed by atoms with Crippen molar-refractivity contribution < 1.29 is 15.0 Å². The molecule has 1 aliphatic heterocycles. The van der Waals surface area contributed by atoms with Crippen LogP contribution in [-0.2, 0) is 0 Å². The van der Waals surface area contributed by atoms with Crippen LogP contribution in [0.25, 0.3) is 0 Å². The number of hydrogen-bond acceptors (Lipinski definition) is 3. The van der Waals surface area contributed by atoms with Crippen molar-refractivity contribution in [3.8, 4) is 0 Å². The number of rotatable bonds is 1. The highest BCUT2D eigenvalue weighted by molar-refractivity contribution is 6.36. The van der Waals surface area contributed by atoms with Crippen molar-refractivity contribution >= 4 is 29.1 Å². The molecule has 4 nitrogen and oxygen atoms in total. The minimum absolute atomic E-state index is 0.110. The second-order valence-electron chi connectivity index (χ2n) is 3.97. The van der Waals surface area contributed by atoms with E-state index in [1.54, 1.807) is 6.07 Å². The molecule has 1 aromatic rings. The van der Waals surface area contributed by atoms with Gasteiger partial charge in [-0.1, -0.05) is 23.2 Å². The summed E-state index contributed by atoms with van der Waals surface area (Å²) in [5.74, 6) is -0.317. The lowest BCUT2D eigenvalue weighted by atomic mass is 10.2. The van der Waals surface area contributed by atoms with Crippen LogP contribution in [0, 0.1) is 0 Å². The number of likely N-dealkylation sites (tertiary alicyclic amines) is 1. The molecule has 1 amide bonds. The topological polar surface area (TPSA) is 60.8 Å². The highest BCUT2D eigenvalue weighted by Gasteiger charge is 2.33. The normalized spacial score (nSPS) is 24.1. The van der Waals surface area contributed by atoms with Crippen LogP contribution in [0.4, 0.5) is 0 Å². The van der Waals surface area contributed by atoms with Crippen molar-refractivity contribution in [2.75, 3.05) is 13.1 Å². The van der Waals surface area contributed by atoms with E-state index in [9.17, 15) is 15.0 Å². The smallest absolute Gasteiger partial charge is 0.255 e. The Morgan fingerprint density at radius 2 is 1.82 bits per heavy atom. The Kier molecular flexibility index (Phi) is 3.58. The Balaban J connectivity index is 2.20. The summed E-state index contributed by atoms with van der Waals surface area (Å²) in [4.78, 5) is 13.4. The zero-order valence-electron chi connectivity index (χ0n) is 8.81. The quantitative estimate of drug-likeness (QED) is 0.809. The van der Waals surface area contributed by atoms with Gasteiger partial charge in [-0.05, 0) is 18.2 Å². The molecule has 0 spiro atoms. The van der Waals surface area contributed by atoms with Crippen LogP contribution in [0.15, 0.2) is 18.2 Å². The standard InChI is InChI=1S/C11H11Cl2NO3/c12-6-1-2-7(8(13)3-6)11(17)14-4-9(15)10(16)5-14/h1-3,9-10,15-16H,4-5H2. The average molecular weight is 276 g/mol. The van der Waals surface area contributed by atoms with Gasteiger partial charge in [-0.2, -0.15) is 0 Å². The van der Waals surface area contributed by atoms with E-state index >= 15 is 0 Å². The van der Waals surface area contributed by atoms with Gasteiger partial charge in [-0.3, -0.25) is 4.79 Å². The van der Waals surface area contributed by atoms with Crippen LogP contribution in [-0.4, -0.2) is 46.3 Å². The fourth-order valence-electron chi connectivity index (χ4n) is 1.77. The molecule has 0 saturated carbocycles. The number of nitrogens with zero attached hydrogens (tertiary/aromatic N) is 1. The summed E-state index contributed by atoms with van der Waals surface area (Å²) in [6.07, 6.45) is -1.80. The summed E-state index contributed by atoms with van der Waals surface area (Å²) >= 11 is 11.7. The van der Waals surface area contributed by atoms with Gasteiger partial charge in [-0.15, -0.1) is 0 Å². The van der Waals surface area contributed by atoms with E-state index in [1.807, 2.05) is 0 Å². The van der Waals surface area contributed by atoms with E-state index in [1.165, 1.54) is 17.0 Å². The molecule has 1 heterocycles. The fraction of sp³-hybridized carbons (Fsp3) is 0.364. The van der Waals surface area contributed by atoms with E-state index in [-0.39, 0.29) is 24.0 Å². The summed E-state index contributed by atoms with van der Waals surface area (Å²) < 4.78 is 0. The molecule has 6 heteroatoms. The van der Waals surface area contributed by atoms with Gasteiger partial charge in [-0.25, -0.2) is 0 Å². The third-order valence-electron chi connectivity index (χ3n) is 2.71. The molecule has 2 atom stereocenters. The SMILES string of the molecule is O=C(c1ccc(Cl)cc1Cl)N1CC(O)C(O)C1. The van der Waals surface area contributed by atoms with Gasteiger partial charge < -0.3 is 15.1 Å². The van der Waals surface area contributed by atoms with Crippen molar-refractivity contribution in [3.05, 3.63) is 33.8 Å². The first kappa shape index (κ1) is 12.6. The lowest BCUT2D eigenvalue weighted by molar-refractivity contribution is 0.0572. The number of aliphatic hydroxyl groups is 2. The van der Waals surface area contributed by atoms with Crippen LogP contribution < -0.4 is 0 Å². The summed E-state index contributed by atoms with van der Waals surface area (Å²) in [7, 11) is 0. The average Bonchev–Trinajstić information content (AvgIpc) is 2.58. The Morgan fingerprint density at radius 3 is 2.35 bits per heavy atom. The molecule has 2 rings (SSSR count). The van der Waals surface area contributed by atoms with E-state index in [0.29, 0.717) is 10.6 Å². The summed E-state index contributed by atoms with van der Waals surface area (Å²) in [6.45, 7) is 0.220. The second-order valence-corrected chi connectivity index (χ2v) is 4.81. The molecule has 1 saturated heterocycles. The van der Waals surface area contributed by atoms with Gasteiger partial charge in [0.25, 0.3) is 5.91 Å². The molecule has 0 aromatic heterocycles. The first-order valence-corrected chi connectivity index (χ1v) is 5.85. The highest BCUT2D eigenvalue weighted by atomic mass is 35.5. The summed E-state index contributed by atoms with van der Waals surface area (Å²) in [5, 5.41) is 19.5. The lowest BCUT2D eigenvalue weighted by Gasteiger charge is -2.16. The van der Waals surface area contributed by atoms with Crippen molar-refractivity contribution in [2.24, 2.45) is 0 Å². The summed E-state index contributed by atoms with van der Waals surface area (Å²) in [6, 6.07) is 4.59. The number of carbonyl (C=O) groups is 1. The third kappa shape index (κ3) is 2.55. The van der Waals surface area contributed by atoms with E-state index in [4.69, 9.17) is 23.2 Å². The minimum atomic E-state index is -0.898. The van der Waals surface area contributed by atoms with Crippen molar-refractivity contribution in [2.45, 2.75) is 12.2 Å². The highest BCUT2D eigenvalue weighted by Crippen LogP contribution is 2.23. The van der Waals surface area contributed by atoms with E-state index in [2.05, 4.69) is 0 Å². The third-order valence-corrected chi connectivity index (χ3v) is 3.26. The molecule has 1 aromatic carbocycles. The Morgan fingerprint density at radius 1 is 1.24 bits per heavy atom. The number of carbonyl (C=O) groups excluding carboxylic acids is 1. The maximum atomic E-state index is 12.0. The van der Waals surface area contributed by atoms with Gasteiger partial charge in [0, 0.05) is 18.1 Å². The van der Waals surface area contributed by atoms with Crippen molar-refractivity contribution in [3.63, 3.8) is 0 Å². The van der Waals surface area contributed by atoms with Crippen LogP contribution in [0.5, 0.6) is 0 Å². The minimum Gasteiger partial charge on any atom is -0.388 e. The zero-order chi connectivity index (χ0) is 12.6. The molecule has 0 bridgehead atoms. The largest absolute Gasteiger partial charge is 0.388 e. The van der Waals surface area contributed by atoms with Crippen molar-refractivity contribution in [1.29, 1.82) is 0 Å². The number of hydrogen-bond donors (Lipinski definition) is 2. The zero-order valence-corrected chi connectivity index (χ0v) is 10.3. The monoisotopic (exact) mass is 275 g/mol. The lowest BCUT2D eigenvalue weighted by Crippen LogP contribution is -2.30. The van der Waals surface area contributed by atoms with Crippen LogP contribution in [0.2, 0.25) is 10.0 Å². The van der Waals surface area contributed by atoms with Gasteiger partial charge in [0.15, 0.2) is 0 Å². The number of halogens is 2. The first-order chi connectivity index (χ1) is 7.99. The molecule has 0 radical (unpaired) electrons. The maximum absolute atomic E-state index is 12.0. The second kappa shape index (κ2) is 4.82. The number of aliphatic hydroxyl groups excluding tert-OH is 2. The molecule has 2 N–H and O–H groups in total. The van der Waals surface area contributed by atoms with Gasteiger partial charge in [0.1, 0.15) is 0 Å². The molecular formula is C11H11Cl2NO3. The maximum Gasteiger partial charge on any atom is 0.255 e. The molecule has 0 aliphatic carbocycles. The molecule has 92 valence electrons. The Hall–Kier alpha value is -0.810. The van der Waals surface area contributed by atoms with Gasteiger partial charge >= 0.3 is 0 Å². The predicted octanol–water partition coefficient (Wildman–Crippen LogP) is 1.17. The molecular weight excluding hydrogens is 265 g/mol. The number of benzene rings is 1. The van der Waals surface area contributed by atoms with Gasteiger partial charge in [0.2, 0.25) is 0 Å². The number of β-amino-alcohol motifs (C(OH)–C–C–N with tert-alkyl or cyclic N) is 2. The Labute approximate surface area is 108 Å².